The van der Waals surface area contributed by atoms with Crippen molar-refractivity contribution in [2.75, 3.05) is 25.1 Å². The van der Waals surface area contributed by atoms with Gasteiger partial charge in [0.15, 0.2) is 0 Å². The van der Waals surface area contributed by atoms with E-state index in [2.05, 4.69) is 15.3 Å². The summed E-state index contributed by atoms with van der Waals surface area (Å²) in [5, 5.41) is 18.8. The van der Waals surface area contributed by atoms with Crippen molar-refractivity contribution in [1.82, 2.24) is 20.0 Å². The van der Waals surface area contributed by atoms with E-state index in [1.54, 1.807) is 18.0 Å². The highest BCUT2D eigenvalue weighted by Crippen LogP contribution is 2.42. The molecule has 1 saturated heterocycles. The number of aromatic nitrogens is 4. The number of ether oxygens (including phenoxy) is 1. The Morgan fingerprint density at radius 3 is 2.71 bits per heavy atom. The van der Waals surface area contributed by atoms with Crippen LogP contribution in [0.1, 0.15) is 30.1 Å². The quantitative estimate of drug-likeness (QED) is 0.853. The molecule has 1 aliphatic heterocycles. The lowest BCUT2D eigenvalue weighted by molar-refractivity contribution is -0.137. The molecule has 3 heterocycles. The van der Waals surface area contributed by atoms with Crippen LogP contribution in [0.5, 0.6) is 0 Å². The van der Waals surface area contributed by atoms with Gasteiger partial charge in [-0.15, -0.1) is 5.10 Å². The summed E-state index contributed by atoms with van der Waals surface area (Å²) in [7, 11) is 1.58. The number of anilines is 1. The number of methoxy groups -OCH3 is 1. The van der Waals surface area contributed by atoms with Crippen molar-refractivity contribution in [2.24, 2.45) is 11.8 Å². The van der Waals surface area contributed by atoms with E-state index in [9.17, 15) is 18.3 Å². The van der Waals surface area contributed by atoms with Crippen LogP contribution in [0.2, 0.25) is 0 Å². The molecule has 4 rings (SSSR count). The maximum Gasteiger partial charge on any atom is 0.416 e. The number of nitrogens with zero attached hydrogens (tertiary/aromatic N) is 5. The van der Waals surface area contributed by atoms with Gasteiger partial charge in [0.25, 0.3) is 0 Å². The predicted octanol–water partition coefficient (Wildman–Crippen LogP) is 2.29. The molecule has 0 radical (unpaired) electrons. The van der Waals surface area contributed by atoms with Crippen molar-refractivity contribution in [3.8, 4) is 0 Å². The van der Waals surface area contributed by atoms with Crippen LogP contribution >= 0.6 is 0 Å². The number of aliphatic hydroxyl groups excluding tert-OH is 1. The van der Waals surface area contributed by atoms with Gasteiger partial charge in [-0.3, -0.25) is 0 Å². The van der Waals surface area contributed by atoms with Gasteiger partial charge in [-0.25, -0.2) is 9.67 Å². The van der Waals surface area contributed by atoms with Crippen molar-refractivity contribution in [2.45, 2.75) is 37.8 Å². The van der Waals surface area contributed by atoms with Gasteiger partial charge in [0.05, 0.1) is 30.5 Å². The Hall–Kier alpha value is -2.20. The van der Waals surface area contributed by atoms with Gasteiger partial charge >= 0.3 is 6.18 Å². The summed E-state index contributed by atoms with van der Waals surface area (Å²) in [4.78, 5) is 6.02. The number of alkyl halides is 3. The average Bonchev–Trinajstić information content (AvgIpc) is 3.27. The van der Waals surface area contributed by atoms with Crippen LogP contribution in [0.25, 0.3) is 0 Å². The van der Waals surface area contributed by atoms with Crippen molar-refractivity contribution in [3.63, 3.8) is 0 Å². The number of fused-ring (bicyclic) bond motifs is 1. The number of aliphatic hydroxyl groups is 1. The zero-order chi connectivity index (χ0) is 19.9. The highest BCUT2D eigenvalue weighted by atomic mass is 19.4. The van der Waals surface area contributed by atoms with Crippen LogP contribution in [-0.4, -0.2) is 51.4 Å². The van der Waals surface area contributed by atoms with Gasteiger partial charge in [-0.2, -0.15) is 13.2 Å². The van der Waals surface area contributed by atoms with Crippen LogP contribution in [0, 0.1) is 11.8 Å². The molecule has 4 atom stereocenters. The van der Waals surface area contributed by atoms with E-state index in [0.29, 0.717) is 44.0 Å². The summed E-state index contributed by atoms with van der Waals surface area (Å²) in [6.07, 6.45) is -0.726. The van der Waals surface area contributed by atoms with Crippen LogP contribution in [0.3, 0.4) is 0 Å². The molecule has 2 aromatic heterocycles. The average molecular weight is 397 g/mol. The number of halogens is 3. The molecule has 1 saturated carbocycles. The summed E-state index contributed by atoms with van der Waals surface area (Å²) in [5.41, 5.74) is -0.00314. The van der Waals surface area contributed by atoms with E-state index in [1.807, 2.05) is 4.90 Å². The number of rotatable bonds is 4. The second kappa shape index (κ2) is 7.32. The van der Waals surface area contributed by atoms with Crippen LogP contribution in [0.4, 0.5) is 19.0 Å². The first-order valence-corrected chi connectivity index (χ1v) is 9.21. The third-order valence-corrected chi connectivity index (χ3v) is 5.70. The molecule has 28 heavy (non-hydrogen) atoms. The smallest absolute Gasteiger partial charge is 0.391 e. The molecule has 1 aliphatic carbocycles. The van der Waals surface area contributed by atoms with Crippen molar-refractivity contribution in [3.05, 3.63) is 35.8 Å². The number of pyridine rings is 1. The molecule has 2 aromatic rings. The number of hydrogen-bond donors (Lipinski definition) is 1. The second-order valence-electron chi connectivity index (χ2n) is 7.55. The first-order valence-electron chi connectivity index (χ1n) is 9.21. The van der Waals surface area contributed by atoms with Gasteiger partial charge in [-0.05, 0) is 36.8 Å². The number of hydrogen-bond acceptors (Lipinski definition) is 6. The van der Waals surface area contributed by atoms with Crippen LogP contribution in [-0.2, 0) is 17.5 Å². The van der Waals surface area contributed by atoms with Gasteiger partial charge in [-0.1, -0.05) is 5.21 Å². The molecular formula is C18H22F3N5O2. The Morgan fingerprint density at radius 1 is 1.25 bits per heavy atom. The Kier molecular flexibility index (Phi) is 5.00. The second-order valence-corrected chi connectivity index (χ2v) is 7.55. The van der Waals surface area contributed by atoms with E-state index in [0.717, 1.165) is 12.1 Å². The first-order chi connectivity index (χ1) is 13.3. The fourth-order valence-corrected chi connectivity index (χ4v) is 4.34. The minimum absolute atomic E-state index is 0.200. The summed E-state index contributed by atoms with van der Waals surface area (Å²) in [5.74, 6) is 0.794. The Bertz CT molecular complexity index is 828. The largest absolute Gasteiger partial charge is 0.416 e. The predicted molar refractivity (Wildman–Crippen MR) is 93.4 cm³/mol. The van der Waals surface area contributed by atoms with Crippen molar-refractivity contribution >= 4 is 5.82 Å². The third kappa shape index (κ3) is 3.70. The molecular weight excluding hydrogens is 375 g/mol. The highest BCUT2D eigenvalue weighted by molar-refractivity contribution is 5.43. The Labute approximate surface area is 160 Å². The molecule has 0 amide bonds. The van der Waals surface area contributed by atoms with Gasteiger partial charge in [0.2, 0.25) is 0 Å². The minimum atomic E-state index is -4.39. The Morgan fingerprint density at radius 2 is 2.00 bits per heavy atom. The van der Waals surface area contributed by atoms with E-state index in [4.69, 9.17) is 4.74 Å². The molecule has 0 bridgehead atoms. The normalized spacial score (nSPS) is 27.8. The summed E-state index contributed by atoms with van der Waals surface area (Å²) < 4.78 is 45.7. The molecule has 152 valence electrons. The molecule has 10 heteroatoms. The first kappa shape index (κ1) is 19.1. The van der Waals surface area contributed by atoms with E-state index in [1.165, 1.54) is 6.20 Å². The molecule has 2 fully saturated rings. The fourth-order valence-electron chi connectivity index (χ4n) is 4.34. The molecule has 2 aliphatic rings. The van der Waals surface area contributed by atoms with Gasteiger partial charge in [0, 0.05) is 26.4 Å². The zero-order valence-electron chi connectivity index (χ0n) is 15.4. The lowest BCUT2D eigenvalue weighted by atomic mass is 9.77. The Balaban J connectivity index is 1.48. The monoisotopic (exact) mass is 397 g/mol. The third-order valence-electron chi connectivity index (χ3n) is 5.70. The van der Waals surface area contributed by atoms with Gasteiger partial charge < -0.3 is 14.7 Å². The molecule has 0 unspecified atom stereocenters. The van der Waals surface area contributed by atoms with E-state index < -0.39 is 17.8 Å². The lowest BCUT2D eigenvalue weighted by Gasteiger charge is -2.34. The van der Waals surface area contributed by atoms with Gasteiger partial charge in [0.1, 0.15) is 11.5 Å². The topological polar surface area (TPSA) is 76.3 Å². The standard InChI is InChI=1S/C18H22F3N5O2/c1-28-10-14-9-26(24-23-14)15-4-11-7-25(8-12(11)5-16(15)27)17-6-13(2-3-22-17)18(19,20)21/h2-3,6,9,11-12,15-16,27H,4-5,7-8,10H2,1H3/t11-,12+,15-,16-/m1/s1. The molecule has 0 aromatic carbocycles. The summed E-state index contributed by atoms with van der Waals surface area (Å²) in [6, 6.07) is 1.88. The van der Waals surface area contributed by atoms with Crippen LogP contribution in [0.15, 0.2) is 24.5 Å². The summed E-state index contributed by atoms with van der Waals surface area (Å²) in [6.45, 7) is 1.56. The fraction of sp³-hybridized carbons (Fsp3) is 0.611. The molecule has 1 N–H and O–H groups in total. The maximum atomic E-state index is 13.0. The lowest BCUT2D eigenvalue weighted by Crippen LogP contribution is -2.36. The summed E-state index contributed by atoms with van der Waals surface area (Å²) >= 11 is 0. The van der Waals surface area contributed by atoms with Crippen molar-refractivity contribution < 1.29 is 23.0 Å². The highest BCUT2D eigenvalue weighted by Gasteiger charge is 2.43. The van der Waals surface area contributed by atoms with E-state index >= 15 is 0 Å². The SMILES string of the molecule is COCc1cn([C@@H]2C[C@@H]3CN(c4cc(C(F)(F)F)ccn4)C[C@@H]3C[C@H]2O)nn1. The zero-order valence-corrected chi connectivity index (χ0v) is 15.4. The molecule has 0 spiro atoms. The van der Waals surface area contributed by atoms with E-state index in [-0.39, 0.29) is 17.9 Å². The minimum Gasteiger partial charge on any atom is -0.391 e. The molecule has 7 nitrogen and oxygen atoms in total. The van der Waals surface area contributed by atoms with Crippen LogP contribution < -0.4 is 4.90 Å². The maximum absolute atomic E-state index is 13.0. The van der Waals surface area contributed by atoms with Crippen molar-refractivity contribution in [1.29, 1.82) is 0 Å².